The molecule has 2 heterocycles. The molecule has 0 aliphatic carbocycles. The van der Waals surface area contributed by atoms with Crippen LogP contribution in [0.5, 0.6) is 0 Å². The largest absolute Gasteiger partial charge is 0.462 e. The first-order valence-corrected chi connectivity index (χ1v) is 12.4. The molecule has 0 saturated carbocycles. The summed E-state index contributed by atoms with van der Waals surface area (Å²) in [5, 5.41) is 0. The van der Waals surface area contributed by atoms with E-state index in [4.69, 9.17) is 20.4 Å². The maximum absolute atomic E-state index is 13.0. The van der Waals surface area contributed by atoms with Crippen molar-refractivity contribution in [3.8, 4) is 0 Å². The summed E-state index contributed by atoms with van der Waals surface area (Å²) in [5.41, 5.74) is 9.63. The molecule has 3 aromatic rings. The zero-order chi connectivity index (χ0) is 22.8. The summed E-state index contributed by atoms with van der Waals surface area (Å²) >= 11 is 0. The van der Waals surface area contributed by atoms with Gasteiger partial charge in [0.2, 0.25) is 0 Å². The number of rotatable bonds is 14. The fourth-order valence-electron chi connectivity index (χ4n) is 4.14. The van der Waals surface area contributed by atoms with E-state index in [0.29, 0.717) is 29.2 Å². The van der Waals surface area contributed by atoms with E-state index in [1.807, 2.05) is 28.8 Å². The number of anilines is 1. The van der Waals surface area contributed by atoms with Crippen LogP contribution in [0.25, 0.3) is 22.2 Å². The minimum Gasteiger partial charge on any atom is -0.462 e. The molecule has 3 rings (SSSR count). The first-order valence-electron chi connectivity index (χ1n) is 12.4. The lowest BCUT2D eigenvalue weighted by molar-refractivity contribution is 0.0501. The lowest BCUT2D eigenvalue weighted by Gasteiger charge is -2.08. The number of carbonyl (C=O) groups is 1. The summed E-state index contributed by atoms with van der Waals surface area (Å²) in [7, 11) is 0. The third kappa shape index (κ3) is 5.99. The number of hydrogen-bond donors (Lipinski definition) is 1. The number of nitrogens with two attached hydrogens (primary N) is 1. The molecular formula is C26H38N4O2. The first kappa shape index (κ1) is 24.0. The third-order valence-corrected chi connectivity index (χ3v) is 6.01. The average molecular weight is 439 g/mol. The highest BCUT2D eigenvalue weighted by atomic mass is 16.5. The van der Waals surface area contributed by atoms with Crippen LogP contribution in [-0.4, -0.2) is 27.1 Å². The Morgan fingerprint density at radius 1 is 0.875 bits per heavy atom. The molecule has 0 spiro atoms. The molecule has 6 heteroatoms. The number of nitrogens with zero attached hydrogens (tertiary/aromatic N) is 3. The van der Waals surface area contributed by atoms with Gasteiger partial charge in [0.05, 0.1) is 17.6 Å². The molecule has 0 amide bonds. The van der Waals surface area contributed by atoms with Gasteiger partial charge in [0.1, 0.15) is 16.9 Å². The lowest BCUT2D eigenvalue weighted by Crippen LogP contribution is -2.11. The van der Waals surface area contributed by atoms with Crippen LogP contribution in [0.15, 0.2) is 24.3 Å². The van der Waals surface area contributed by atoms with Crippen molar-refractivity contribution in [2.24, 2.45) is 0 Å². The van der Waals surface area contributed by atoms with Gasteiger partial charge < -0.3 is 15.0 Å². The summed E-state index contributed by atoms with van der Waals surface area (Å²) in [5.74, 6) is 0.0223. The predicted molar refractivity (Wildman–Crippen MR) is 132 cm³/mol. The molecule has 2 N–H and O–H groups in total. The van der Waals surface area contributed by atoms with Crippen LogP contribution < -0.4 is 5.73 Å². The Hall–Kier alpha value is -2.63. The molecular weight excluding hydrogens is 400 g/mol. The van der Waals surface area contributed by atoms with Crippen molar-refractivity contribution < 1.29 is 9.53 Å². The molecule has 174 valence electrons. The molecule has 0 atom stereocenters. The minimum absolute atomic E-state index is 0.359. The maximum atomic E-state index is 13.0. The van der Waals surface area contributed by atoms with Crippen LogP contribution >= 0.6 is 0 Å². The molecule has 0 aliphatic rings. The Morgan fingerprint density at radius 3 is 2.16 bits per heavy atom. The predicted octanol–water partition coefficient (Wildman–Crippen LogP) is 6.65. The Balaban J connectivity index is 1.80. The van der Waals surface area contributed by atoms with Crippen molar-refractivity contribution in [3.05, 3.63) is 29.8 Å². The third-order valence-electron chi connectivity index (χ3n) is 6.01. The van der Waals surface area contributed by atoms with E-state index in [1.165, 1.54) is 44.9 Å². The van der Waals surface area contributed by atoms with Crippen LogP contribution in [-0.2, 0) is 11.3 Å². The first-order chi connectivity index (χ1) is 15.7. The molecule has 2 aromatic heterocycles. The fraction of sp³-hybridized carbons (Fsp3) is 0.577. The van der Waals surface area contributed by atoms with Gasteiger partial charge in [0, 0.05) is 6.54 Å². The van der Waals surface area contributed by atoms with Gasteiger partial charge >= 0.3 is 5.97 Å². The smallest absolute Gasteiger partial charge is 0.344 e. The molecule has 6 nitrogen and oxygen atoms in total. The van der Waals surface area contributed by atoms with Crippen LogP contribution in [0.1, 0.15) is 94.8 Å². The van der Waals surface area contributed by atoms with Crippen LogP contribution in [0.4, 0.5) is 5.82 Å². The molecule has 0 radical (unpaired) electrons. The van der Waals surface area contributed by atoms with Crippen molar-refractivity contribution in [2.75, 3.05) is 12.3 Å². The Morgan fingerprint density at radius 2 is 1.47 bits per heavy atom. The normalized spacial score (nSPS) is 11.4. The van der Waals surface area contributed by atoms with E-state index < -0.39 is 5.97 Å². The van der Waals surface area contributed by atoms with E-state index in [2.05, 4.69) is 13.8 Å². The Bertz CT molecular complexity index is 1010. The highest BCUT2D eigenvalue weighted by molar-refractivity contribution is 6.08. The molecule has 0 aliphatic heterocycles. The lowest BCUT2D eigenvalue weighted by atomic mass is 10.1. The summed E-state index contributed by atoms with van der Waals surface area (Å²) in [6.45, 7) is 5.55. The summed E-state index contributed by atoms with van der Waals surface area (Å²) < 4.78 is 7.54. The second-order valence-electron chi connectivity index (χ2n) is 8.61. The molecule has 0 saturated heterocycles. The highest BCUT2D eigenvalue weighted by Gasteiger charge is 2.24. The van der Waals surface area contributed by atoms with E-state index in [1.54, 1.807) is 0 Å². The van der Waals surface area contributed by atoms with Gasteiger partial charge in [0.25, 0.3) is 0 Å². The van der Waals surface area contributed by atoms with Gasteiger partial charge in [-0.1, -0.05) is 83.8 Å². The molecule has 0 bridgehead atoms. The number of esters is 1. The van der Waals surface area contributed by atoms with Crippen molar-refractivity contribution >= 4 is 34.0 Å². The van der Waals surface area contributed by atoms with Gasteiger partial charge in [-0.3, -0.25) is 0 Å². The number of aryl methyl sites for hydroxylation is 1. The quantitative estimate of drug-likeness (QED) is 0.225. The molecule has 0 unspecified atom stereocenters. The second kappa shape index (κ2) is 12.4. The standard InChI is InChI=1S/C26H38N4O2/c1-3-5-7-9-10-14-18-30-24(27)22(26(31)32-19-15-11-8-6-4-2)23-25(30)29-21-17-13-12-16-20(21)28-23/h12-13,16-17H,3-11,14-15,18-19,27H2,1-2H3. The SMILES string of the molecule is CCCCCCCCn1c(N)c(C(=O)OCCCCCCC)c2nc3ccccc3nc21. The zero-order valence-corrected chi connectivity index (χ0v) is 19.7. The van der Waals surface area contributed by atoms with Gasteiger partial charge in [-0.25, -0.2) is 14.8 Å². The number of benzene rings is 1. The Kier molecular flexibility index (Phi) is 9.32. The van der Waals surface area contributed by atoms with Gasteiger partial charge in [-0.2, -0.15) is 0 Å². The number of nitrogen functional groups attached to an aromatic ring is 1. The number of fused-ring (bicyclic) bond motifs is 2. The van der Waals surface area contributed by atoms with Gasteiger partial charge in [-0.15, -0.1) is 0 Å². The summed E-state index contributed by atoms with van der Waals surface area (Å²) in [6.07, 6.45) is 12.7. The Labute approximate surface area is 191 Å². The van der Waals surface area contributed by atoms with Crippen LogP contribution in [0.3, 0.4) is 0 Å². The number of aromatic nitrogens is 3. The summed E-state index contributed by atoms with van der Waals surface area (Å²) in [6, 6.07) is 7.72. The van der Waals surface area contributed by atoms with Crippen molar-refractivity contribution in [1.82, 2.24) is 14.5 Å². The topological polar surface area (TPSA) is 83.0 Å². The maximum Gasteiger partial charge on any atom is 0.344 e. The fourth-order valence-corrected chi connectivity index (χ4v) is 4.14. The van der Waals surface area contributed by atoms with Crippen LogP contribution in [0.2, 0.25) is 0 Å². The molecule has 0 fully saturated rings. The minimum atomic E-state index is -0.394. The van der Waals surface area contributed by atoms with Gasteiger partial charge in [0.15, 0.2) is 5.65 Å². The highest BCUT2D eigenvalue weighted by Crippen LogP contribution is 2.29. The van der Waals surface area contributed by atoms with E-state index in [9.17, 15) is 4.79 Å². The zero-order valence-electron chi connectivity index (χ0n) is 19.7. The second-order valence-corrected chi connectivity index (χ2v) is 8.61. The van der Waals surface area contributed by atoms with Crippen LogP contribution in [0, 0.1) is 0 Å². The number of unbranched alkanes of at least 4 members (excludes halogenated alkanes) is 9. The van der Waals surface area contributed by atoms with Gasteiger partial charge in [-0.05, 0) is 25.0 Å². The molecule has 1 aromatic carbocycles. The van der Waals surface area contributed by atoms with E-state index in [0.717, 1.165) is 43.3 Å². The van der Waals surface area contributed by atoms with E-state index >= 15 is 0 Å². The average Bonchev–Trinajstić information content (AvgIpc) is 3.07. The number of ether oxygens (including phenoxy) is 1. The van der Waals surface area contributed by atoms with Crippen molar-refractivity contribution in [2.45, 2.75) is 91.0 Å². The monoisotopic (exact) mass is 438 g/mol. The molecule has 32 heavy (non-hydrogen) atoms. The number of para-hydroxylation sites is 2. The van der Waals surface area contributed by atoms with E-state index in [-0.39, 0.29) is 0 Å². The summed E-state index contributed by atoms with van der Waals surface area (Å²) in [4.78, 5) is 22.5. The number of carbonyl (C=O) groups excluding carboxylic acids is 1. The van der Waals surface area contributed by atoms with Crippen molar-refractivity contribution in [1.29, 1.82) is 0 Å². The number of hydrogen-bond acceptors (Lipinski definition) is 5. The van der Waals surface area contributed by atoms with Crippen molar-refractivity contribution in [3.63, 3.8) is 0 Å².